The van der Waals surface area contributed by atoms with Crippen molar-refractivity contribution in [3.05, 3.63) is 57.3 Å². The van der Waals surface area contributed by atoms with Gasteiger partial charge in [0.25, 0.3) is 0 Å². The number of benzene rings is 1. The summed E-state index contributed by atoms with van der Waals surface area (Å²) in [6, 6.07) is 12.4. The lowest BCUT2D eigenvalue weighted by Crippen LogP contribution is -2.57. The van der Waals surface area contributed by atoms with Crippen LogP contribution < -0.4 is 5.32 Å². The second-order valence-corrected chi connectivity index (χ2v) is 11.7. The number of nitrogens with one attached hydrogen (secondary N) is 1. The Kier molecular flexibility index (Phi) is 5.68. The molecule has 0 aliphatic heterocycles. The third-order valence-corrected chi connectivity index (χ3v) is 9.07. The Morgan fingerprint density at radius 2 is 1.73 bits per heavy atom. The maximum absolute atomic E-state index is 13.4. The first-order valence-electron chi connectivity index (χ1n) is 11.9. The van der Waals surface area contributed by atoms with E-state index >= 15 is 0 Å². The lowest BCUT2D eigenvalue weighted by molar-refractivity contribution is -0.172. The number of aryl methyl sites for hydroxylation is 1. The van der Waals surface area contributed by atoms with Crippen molar-refractivity contribution in [2.24, 2.45) is 17.3 Å². The largest absolute Gasteiger partial charge is 0.457 e. The summed E-state index contributed by atoms with van der Waals surface area (Å²) in [5.41, 5.74) is 2.22. The Hall–Kier alpha value is -2.47. The minimum atomic E-state index is -0.457. The molecule has 1 N–H and O–H groups in total. The molecule has 174 valence electrons. The number of ether oxygens (including phenoxy) is 1. The minimum Gasteiger partial charge on any atom is -0.457 e. The molecule has 4 aliphatic rings. The molecule has 4 bridgehead atoms. The number of hydrogen-bond donors (Lipinski definition) is 1. The van der Waals surface area contributed by atoms with Crippen LogP contribution in [-0.2, 0) is 26.3 Å². The van der Waals surface area contributed by atoms with Gasteiger partial charge in [-0.3, -0.25) is 14.4 Å². The molecule has 5 nitrogen and oxygen atoms in total. The van der Waals surface area contributed by atoms with Gasteiger partial charge < -0.3 is 10.1 Å². The highest BCUT2D eigenvalue weighted by Crippen LogP contribution is 2.66. The molecule has 0 radical (unpaired) electrons. The standard InChI is InChI=1S/C27H31NO4S/c1-17-3-5-21(6-4-17)26-10-19-9-20(11-26)13-27(12-19,16-26)25(31)32-15-23(30)24-8-7-22(33-24)14-28-18(2)29/h3-8,19-20H,9-16H2,1-2H3,(H,28,29). The molecule has 2 unspecified atom stereocenters. The Bertz CT molecular complexity index is 1070. The first kappa shape index (κ1) is 22.3. The minimum absolute atomic E-state index is 0.0627. The van der Waals surface area contributed by atoms with Crippen molar-refractivity contribution in [3.63, 3.8) is 0 Å². The Labute approximate surface area is 198 Å². The van der Waals surface area contributed by atoms with Crippen molar-refractivity contribution < 1.29 is 19.1 Å². The van der Waals surface area contributed by atoms with Gasteiger partial charge in [0, 0.05) is 11.8 Å². The summed E-state index contributed by atoms with van der Waals surface area (Å²) in [5, 5.41) is 2.73. The average molecular weight is 466 g/mol. The highest BCUT2D eigenvalue weighted by atomic mass is 32.1. The molecule has 2 aromatic rings. The van der Waals surface area contributed by atoms with Crippen molar-refractivity contribution in [1.29, 1.82) is 0 Å². The van der Waals surface area contributed by atoms with E-state index in [1.807, 2.05) is 6.07 Å². The molecule has 33 heavy (non-hydrogen) atoms. The van der Waals surface area contributed by atoms with Crippen LogP contribution >= 0.6 is 11.3 Å². The maximum Gasteiger partial charge on any atom is 0.312 e. The lowest BCUT2D eigenvalue weighted by Gasteiger charge is -2.61. The summed E-state index contributed by atoms with van der Waals surface area (Å²) in [6.45, 7) is 3.76. The predicted molar refractivity (Wildman–Crippen MR) is 127 cm³/mol. The molecule has 1 aromatic heterocycles. The lowest BCUT2D eigenvalue weighted by atomic mass is 9.43. The van der Waals surface area contributed by atoms with Gasteiger partial charge in [-0.1, -0.05) is 29.8 Å². The Balaban J connectivity index is 1.27. The molecule has 1 heterocycles. The number of carbonyl (C=O) groups excluding carboxylic acids is 3. The van der Waals surface area contributed by atoms with Gasteiger partial charge >= 0.3 is 5.97 Å². The maximum atomic E-state index is 13.4. The van der Waals surface area contributed by atoms with Gasteiger partial charge in [0.2, 0.25) is 11.7 Å². The van der Waals surface area contributed by atoms with Crippen LogP contribution in [-0.4, -0.2) is 24.3 Å². The van der Waals surface area contributed by atoms with E-state index < -0.39 is 5.41 Å². The molecule has 0 saturated heterocycles. The highest BCUT2D eigenvalue weighted by Gasteiger charge is 2.61. The summed E-state index contributed by atoms with van der Waals surface area (Å²) < 4.78 is 5.70. The van der Waals surface area contributed by atoms with E-state index in [-0.39, 0.29) is 29.7 Å². The molecule has 1 amide bonds. The number of amides is 1. The fourth-order valence-electron chi connectivity index (χ4n) is 6.94. The number of ketones is 1. The zero-order valence-electron chi connectivity index (χ0n) is 19.3. The van der Waals surface area contributed by atoms with Crippen LogP contribution in [0.3, 0.4) is 0 Å². The van der Waals surface area contributed by atoms with Crippen LogP contribution in [0.5, 0.6) is 0 Å². The summed E-state index contributed by atoms with van der Waals surface area (Å²) in [5.74, 6) is 0.648. The van der Waals surface area contributed by atoms with Crippen LogP contribution in [0.15, 0.2) is 36.4 Å². The number of carbonyl (C=O) groups is 3. The Morgan fingerprint density at radius 3 is 2.39 bits per heavy atom. The second kappa shape index (κ2) is 8.39. The number of esters is 1. The van der Waals surface area contributed by atoms with Crippen LogP contribution in [0, 0.1) is 24.2 Å². The fraction of sp³-hybridized carbons (Fsp3) is 0.519. The van der Waals surface area contributed by atoms with Crippen molar-refractivity contribution >= 4 is 29.0 Å². The van der Waals surface area contributed by atoms with E-state index in [0.29, 0.717) is 23.3 Å². The monoisotopic (exact) mass is 465 g/mol. The first-order valence-corrected chi connectivity index (χ1v) is 12.7. The number of Topliss-reactive ketones (excluding diaryl/α,β-unsaturated/α-hetero) is 1. The highest BCUT2D eigenvalue weighted by molar-refractivity contribution is 7.14. The summed E-state index contributed by atoms with van der Waals surface area (Å²) in [6.07, 6.45) is 6.16. The quantitative estimate of drug-likeness (QED) is 0.464. The van der Waals surface area contributed by atoms with Crippen LogP contribution in [0.25, 0.3) is 0 Å². The zero-order chi connectivity index (χ0) is 23.2. The molecule has 0 spiro atoms. The first-order chi connectivity index (χ1) is 15.8. The van der Waals surface area contributed by atoms with E-state index in [2.05, 4.69) is 36.5 Å². The number of hydrogen-bond acceptors (Lipinski definition) is 5. The van der Waals surface area contributed by atoms with Gasteiger partial charge in [0.1, 0.15) is 0 Å². The normalized spacial score (nSPS) is 29.6. The molecule has 4 fully saturated rings. The van der Waals surface area contributed by atoms with E-state index in [9.17, 15) is 14.4 Å². The average Bonchev–Trinajstić information content (AvgIpc) is 3.24. The van der Waals surface area contributed by atoms with Gasteiger partial charge in [-0.05, 0) is 80.4 Å². The SMILES string of the molecule is CC(=O)NCc1ccc(C(=O)COC(=O)C23CC4CC(C2)CC(c2ccc(C)cc2)(C4)C3)s1. The smallest absolute Gasteiger partial charge is 0.312 e. The zero-order valence-corrected chi connectivity index (χ0v) is 20.1. The molecule has 1 aromatic carbocycles. The van der Waals surface area contributed by atoms with Gasteiger partial charge in [-0.2, -0.15) is 0 Å². The summed E-state index contributed by atoms with van der Waals surface area (Å²) in [7, 11) is 0. The fourth-order valence-corrected chi connectivity index (χ4v) is 7.81. The van der Waals surface area contributed by atoms with E-state index in [1.54, 1.807) is 6.07 Å². The molecule has 4 saturated carbocycles. The number of thiophene rings is 1. The number of rotatable bonds is 7. The predicted octanol–water partition coefficient (Wildman–Crippen LogP) is 4.96. The third-order valence-electron chi connectivity index (χ3n) is 7.94. The molecular formula is C27H31NO4S. The van der Waals surface area contributed by atoms with Gasteiger partial charge in [-0.25, -0.2) is 0 Å². The summed E-state index contributed by atoms with van der Waals surface area (Å²) in [4.78, 5) is 38.7. The topological polar surface area (TPSA) is 72.5 Å². The van der Waals surface area contributed by atoms with Crippen LogP contribution in [0.1, 0.15) is 71.1 Å². The van der Waals surface area contributed by atoms with Gasteiger partial charge in [-0.15, -0.1) is 11.3 Å². The van der Waals surface area contributed by atoms with Crippen LogP contribution in [0.4, 0.5) is 0 Å². The van der Waals surface area contributed by atoms with E-state index in [4.69, 9.17) is 4.74 Å². The van der Waals surface area contributed by atoms with Crippen LogP contribution in [0.2, 0.25) is 0 Å². The second-order valence-electron chi connectivity index (χ2n) is 10.6. The van der Waals surface area contributed by atoms with Crippen molar-refractivity contribution in [2.45, 2.75) is 64.3 Å². The van der Waals surface area contributed by atoms with E-state index in [1.165, 1.54) is 35.8 Å². The van der Waals surface area contributed by atoms with Gasteiger partial charge in [0.05, 0.1) is 16.8 Å². The third kappa shape index (κ3) is 4.25. The molecule has 4 aliphatic carbocycles. The van der Waals surface area contributed by atoms with Crippen molar-refractivity contribution in [2.75, 3.05) is 6.61 Å². The van der Waals surface area contributed by atoms with E-state index in [0.717, 1.165) is 37.0 Å². The Morgan fingerprint density at radius 1 is 1.03 bits per heavy atom. The van der Waals surface area contributed by atoms with Gasteiger partial charge in [0.15, 0.2) is 6.61 Å². The molecule has 2 atom stereocenters. The molecule has 6 rings (SSSR count). The summed E-state index contributed by atoms with van der Waals surface area (Å²) >= 11 is 1.34. The molecule has 6 heteroatoms. The van der Waals surface area contributed by atoms with Crippen molar-refractivity contribution in [1.82, 2.24) is 5.32 Å². The molecular weight excluding hydrogens is 434 g/mol. The van der Waals surface area contributed by atoms with Crippen molar-refractivity contribution in [3.8, 4) is 0 Å².